The van der Waals surface area contributed by atoms with E-state index in [1.165, 1.54) is 0 Å². The van der Waals surface area contributed by atoms with Crippen molar-refractivity contribution in [1.82, 2.24) is 24.2 Å². The molecule has 0 saturated heterocycles. The van der Waals surface area contributed by atoms with Crippen molar-refractivity contribution in [3.63, 3.8) is 0 Å². The number of nitrogens with one attached hydrogen (secondary N) is 1. The molecule has 0 aliphatic carbocycles. The summed E-state index contributed by atoms with van der Waals surface area (Å²) in [5.41, 5.74) is 3.09. The summed E-state index contributed by atoms with van der Waals surface area (Å²) in [5, 5.41) is 3.01. The summed E-state index contributed by atoms with van der Waals surface area (Å²) in [6, 6.07) is 17.3. The quantitative estimate of drug-likeness (QED) is 0.451. The predicted molar refractivity (Wildman–Crippen MR) is 128 cm³/mol. The van der Waals surface area contributed by atoms with Crippen LogP contribution >= 0.6 is 0 Å². The molecule has 7 heteroatoms. The Morgan fingerprint density at radius 2 is 1.85 bits per heavy atom. The van der Waals surface area contributed by atoms with Crippen LogP contribution in [0.25, 0.3) is 5.65 Å². The largest absolute Gasteiger partial charge is 0.351 e. The molecule has 170 valence electrons. The van der Waals surface area contributed by atoms with E-state index < -0.39 is 0 Å². The van der Waals surface area contributed by atoms with E-state index in [4.69, 9.17) is 0 Å². The summed E-state index contributed by atoms with van der Waals surface area (Å²) in [4.78, 5) is 32.0. The summed E-state index contributed by atoms with van der Waals surface area (Å²) < 4.78 is 3.67. The summed E-state index contributed by atoms with van der Waals surface area (Å²) in [7, 11) is 3.68. The van der Waals surface area contributed by atoms with Gasteiger partial charge in [-0.1, -0.05) is 37.3 Å². The fraction of sp³-hybridized carbons (Fsp3) is 0.269. The number of carbonyl (C=O) groups excluding carboxylic acids is 2. The van der Waals surface area contributed by atoms with Crippen LogP contribution < -0.4 is 5.32 Å². The second-order valence-corrected chi connectivity index (χ2v) is 8.34. The number of hydrogen-bond acceptors (Lipinski definition) is 3. The van der Waals surface area contributed by atoms with E-state index in [0.29, 0.717) is 24.2 Å². The number of fused-ring (bicyclic) bond motifs is 1. The summed E-state index contributed by atoms with van der Waals surface area (Å²) in [6.45, 7) is 2.59. The van der Waals surface area contributed by atoms with Crippen molar-refractivity contribution in [3.05, 3.63) is 96.2 Å². The molecule has 7 nitrogen and oxygen atoms in total. The van der Waals surface area contributed by atoms with Gasteiger partial charge in [-0.3, -0.25) is 9.59 Å². The highest BCUT2D eigenvalue weighted by molar-refractivity contribution is 5.95. The molecule has 3 aromatic heterocycles. The third-order valence-electron chi connectivity index (χ3n) is 6.27. The minimum absolute atomic E-state index is 0.0676. The molecule has 3 heterocycles. The number of likely N-dealkylation sites (N-methyl/N-ethyl adjacent to an activating group) is 1. The second-order valence-electron chi connectivity index (χ2n) is 8.34. The lowest BCUT2D eigenvalue weighted by Crippen LogP contribution is -2.42. The SMILES string of the molecule is CC(c1ccccc1)C(CCNC(=O)c1cccn1C)N(C)C(=O)c1ccn2ccnc2c1. The summed E-state index contributed by atoms with van der Waals surface area (Å²) in [5.74, 6) is -0.100. The van der Waals surface area contributed by atoms with Crippen molar-refractivity contribution in [3.8, 4) is 0 Å². The maximum absolute atomic E-state index is 13.4. The number of hydrogen-bond donors (Lipinski definition) is 1. The lowest BCUT2D eigenvalue weighted by Gasteiger charge is -2.33. The van der Waals surface area contributed by atoms with E-state index >= 15 is 0 Å². The van der Waals surface area contributed by atoms with Crippen LogP contribution in [0.3, 0.4) is 0 Å². The smallest absolute Gasteiger partial charge is 0.267 e. The number of nitrogens with zero attached hydrogens (tertiary/aromatic N) is 4. The van der Waals surface area contributed by atoms with E-state index in [2.05, 4.69) is 29.4 Å². The zero-order valence-corrected chi connectivity index (χ0v) is 19.2. The van der Waals surface area contributed by atoms with Crippen LogP contribution in [0.1, 0.15) is 45.7 Å². The Hall–Kier alpha value is -3.87. The molecule has 0 saturated carbocycles. The summed E-state index contributed by atoms with van der Waals surface area (Å²) in [6.07, 6.45) is 7.88. The van der Waals surface area contributed by atoms with Gasteiger partial charge in [-0.2, -0.15) is 0 Å². The number of aromatic nitrogens is 3. The number of amides is 2. The van der Waals surface area contributed by atoms with E-state index in [1.807, 2.05) is 67.4 Å². The number of pyridine rings is 1. The lowest BCUT2D eigenvalue weighted by molar-refractivity contribution is 0.0702. The van der Waals surface area contributed by atoms with Crippen molar-refractivity contribution < 1.29 is 9.59 Å². The van der Waals surface area contributed by atoms with E-state index in [9.17, 15) is 9.59 Å². The van der Waals surface area contributed by atoms with E-state index in [-0.39, 0.29) is 23.8 Å². The van der Waals surface area contributed by atoms with Crippen molar-refractivity contribution in [2.24, 2.45) is 7.05 Å². The molecule has 2 unspecified atom stereocenters. The minimum Gasteiger partial charge on any atom is -0.351 e. The van der Waals surface area contributed by atoms with Crippen LogP contribution in [0.15, 0.2) is 79.4 Å². The molecule has 4 rings (SSSR count). The molecule has 4 aromatic rings. The Morgan fingerprint density at radius 1 is 1.06 bits per heavy atom. The average Bonchev–Trinajstić information content (AvgIpc) is 3.49. The molecule has 1 aromatic carbocycles. The van der Waals surface area contributed by atoms with Gasteiger partial charge in [0, 0.05) is 63.0 Å². The molecule has 0 spiro atoms. The Morgan fingerprint density at radius 3 is 2.58 bits per heavy atom. The van der Waals surface area contributed by atoms with Gasteiger partial charge < -0.3 is 19.2 Å². The first-order chi connectivity index (χ1) is 16.0. The van der Waals surface area contributed by atoms with Gasteiger partial charge in [0.2, 0.25) is 0 Å². The third kappa shape index (κ3) is 4.82. The van der Waals surface area contributed by atoms with Crippen LogP contribution in [-0.2, 0) is 7.05 Å². The number of imidazole rings is 1. The average molecular weight is 444 g/mol. The molecule has 0 bridgehead atoms. The van der Waals surface area contributed by atoms with Crippen LogP contribution in [0.5, 0.6) is 0 Å². The molecule has 0 fully saturated rings. The fourth-order valence-corrected chi connectivity index (χ4v) is 4.28. The van der Waals surface area contributed by atoms with Crippen molar-refractivity contribution in [2.45, 2.75) is 25.3 Å². The second kappa shape index (κ2) is 9.73. The van der Waals surface area contributed by atoms with Gasteiger partial charge in [0.25, 0.3) is 11.8 Å². The van der Waals surface area contributed by atoms with Gasteiger partial charge in [-0.05, 0) is 36.2 Å². The molecule has 1 N–H and O–H groups in total. The number of carbonyl (C=O) groups is 2. The molecule has 0 aliphatic rings. The first-order valence-electron chi connectivity index (χ1n) is 11.1. The van der Waals surface area contributed by atoms with E-state index in [1.54, 1.807) is 27.8 Å². The highest BCUT2D eigenvalue weighted by atomic mass is 16.2. The van der Waals surface area contributed by atoms with Crippen LogP contribution in [0, 0.1) is 0 Å². The number of benzene rings is 1. The molecule has 33 heavy (non-hydrogen) atoms. The zero-order chi connectivity index (χ0) is 23.4. The first-order valence-corrected chi connectivity index (χ1v) is 11.1. The van der Waals surface area contributed by atoms with Gasteiger partial charge >= 0.3 is 0 Å². The molecule has 0 radical (unpaired) electrons. The standard InChI is InChI=1S/C26H29N5O2/c1-19(20-8-5-4-6-9-20)22(11-13-28-25(32)23-10-7-15-29(23)2)30(3)26(33)21-12-16-31-17-14-27-24(31)18-21/h4-10,12,14-19,22H,11,13H2,1-3H3,(H,28,32). The maximum Gasteiger partial charge on any atom is 0.267 e. The monoisotopic (exact) mass is 443 g/mol. The number of aryl methyl sites for hydroxylation is 1. The molecular formula is C26H29N5O2. The van der Waals surface area contributed by atoms with Gasteiger partial charge in [-0.25, -0.2) is 4.98 Å². The fourth-order valence-electron chi connectivity index (χ4n) is 4.28. The Bertz CT molecular complexity index is 1240. The zero-order valence-electron chi connectivity index (χ0n) is 19.2. The Kier molecular flexibility index (Phi) is 6.58. The molecule has 2 amide bonds. The topological polar surface area (TPSA) is 71.6 Å². The Balaban J connectivity index is 1.52. The molecule has 0 aliphatic heterocycles. The highest BCUT2D eigenvalue weighted by Crippen LogP contribution is 2.26. The first kappa shape index (κ1) is 22.3. The van der Waals surface area contributed by atoms with Crippen molar-refractivity contribution in [1.29, 1.82) is 0 Å². The lowest BCUT2D eigenvalue weighted by atomic mass is 9.90. The molecule has 2 atom stereocenters. The third-order valence-corrected chi connectivity index (χ3v) is 6.27. The van der Waals surface area contributed by atoms with E-state index in [0.717, 1.165) is 11.2 Å². The van der Waals surface area contributed by atoms with Crippen molar-refractivity contribution >= 4 is 17.5 Å². The van der Waals surface area contributed by atoms with Crippen LogP contribution in [0.4, 0.5) is 0 Å². The molecular weight excluding hydrogens is 414 g/mol. The normalized spacial score (nSPS) is 12.9. The predicted octanol–water partition coefficient (Wildman–Crippen LogP) is 3.74. The minimum atomic E-state index is -0.118. The Labute approximate surface area is 193 Å². The van der Waals surface area contributed by atoms with Crippen molar-refractivity contribution in [2.75, 3.05) is 13.6 Å². The van der Waals surface area contributed by atoms with Crippen LogP contribution in [-0.4, -0.2) is 50.3 Å². The van der Waals surface area contributed by atoms with Gasteiger partial charge in [-0.15, -0.1) is 0 Å². The summed E-state index contributed by atoms with van der Waals surface area (Å²) >= 11 is 0. The number of rotatable bonds is 8. The maximum atomic E-state index is 13.4. The van der Waals surface area contributed by atoms with Gasteiger partial charge in [0.05, 0.1) is 0 Å². The van der Waals surface area contributed by atoms with Gasteiger partial charge in [0.15, 0.2) is 0 Å². The van der Waals surface area contributed by atoms with Gasteiger partial charge in [0.1, 0.15) is 11.3 Å². The highest BCUT2D eigenvalue weighted by Gasteiger charge is 2.27. The van der Waals surface area contributed by atoms with Crippen LogP contribution in [0.2, 0.25) is 0 Å².